The van der Waals surface area contributed by atoms with Gasteiger partial charge in [0, 0.05) is 24.9 Å². The molecule has 0 amide bonds. The maximum absolute atomic E-state index is 8.48. The first-order valence-corrected chi connectivity index (χ1v) is 6.07. The van der Waals surface area contributed by atoms with Crippen LogP contribution in [0.4, 0.5) is 5.95 Å². The zero-order valence-electron chi connectivity index (χ0n) is 10.8. The largest absolute Gasteiger partial charge is 0.441 e. The molecule has 0 radical (unpaired) electrons. The van der Waals surface area contributed by atoms with Crippen molar-refractivity contribution in [3.05, 3.63) is 36.5 Å². The lowest BCUT2D eigenvalue weighted by molar-refractivity contribution is 0.561. The Labute approximate surface area is 115 Å². The van der Waals surface area contributed by atoms with E-state index in [1.165, 1.54) is 0 Å². The van der Waals surface area contributed by atoms with Gasteiger partial charge in [-0.3, -0.25) is 0 Å². The third-order valence-electron chi connectivity index (χ3n) is 2.81. The van der Waals surface area contributed by atoms with Gasteiger partial charge in [0.25, 0.3) is 0 Å². The lowest BCUT2D eigenvalue weighted by Gasteiger charge is -2.02. The predicted octanol–water partition coefficient (Wildman–Crippen LogP) is 2.53. The van der Waals surface area contributed by atoms with Gasteiger partial charge in [-0.1, -0.05) is 6.07 Å². The van der Waals surface area contributed by atoms with Crippen LogP contribution in [0.25, 0.3) is 22.2 Å². The van der Waals surface area contributed by atoms with Crippen LogP contribution in [0.2, 0.25) is 0 Å². The molecule has 20 heavy (non-hydrogen) atoms. The number of oxazole rings is 1. The quantitative estimate of drug-likeness (QED) is 0.732. The second kappa shape index (κ2) is 4.97. The van der Waals surface area contributed by atoms with Crippen molar-refractivity contribution in [1.29, 1.82) is 5.26 Å². The van der Waals surface area contributed by atoms with E-state index < -0.39 is 0 Å². The number of aromatic nitrogens is 3. The molecular weight excluding hydrogens is 254 g/mol. The molecule has 6 nitrogen and oxygen atoms in total. The fourth-order valence-electron chi connectivity index (χ4n) is 1.91. The second-order valence-electron chi connectivity index (χ2n) is 4.22. The Morgan fingerprint density at radius 1 is 1.25 bits per heavy atom. The number of fused-ring (bicyclic) bond motifs is 1. The summed E-state index contributed by atoms with van der Waals surface area (Å²) < 4.78 is 5.44. The van der Waals surface area contributed by atoms with Crippen molar-refractivity contribution in [3.63, 3.8) is 0 Å². The molecule has 1 aromatic carbocycles. The minimum Gasteiger partial charge on any atom is -0.441 e. The summed E-state index contributed by atoms with van der Waals surface area (Å²) in [6.07, 6.45) is 3.42. The minimum absolute atomic E-state index is 0.184. The summed E-state index contributed by atoms with van der Waals surface area (Å²) in [4.78, 5) is 12.6. The summed E-state index contributed by atoms with van der Waals surface area (Å²) in [5.41, 5.74) is 3.43. The molecule has 3 aromatic rings. The summed E-state index contributed by atoms with van der Waals surface area (Å²) in [7, 11) is 0. The Kier molecular flexibility index (Phi) is 3.01. The van der Waals surface area contributed by atoms with Gasteiger partial charge in [-0.15, -0.1) is 0 Å². The number of nitrogens with one attached hydrogen (secondary N) is 1. The maximum Gasteiger partial charge on any atom is 0.223 e. The molecule has 2 aromatic heterocycles. The molecule has 0 atom stereocenters. The summed E-state index contributed by atoms with van der Waals surface area (Å²) >= 11 is 0. The van der Waals surface area contributed by atoms with Gasteiger partial charge in [0.05, 0.1) is 6.07 Å². The molecule has 0 saturated carbocycles. The van der Waals surface area contributed by atoms with Crippen LogP contribution in [0.5, 0.6) is 0 Å². The van der Waals surface area contributed by atoms with Crippen molar-refractivity contribution in [2.75, 3.05) is 11.9 Å². The van der Waals surface area contributed by atoms with Gasteiger partial charge in [0.1, 0.15) is 12.1 Å². The third kappa shape index (κ3) is 2.29. The molecule has 0 aliphatic rings. The SMILES string of the molecule is Cc1nc2cc(-c3cnc(NCC#N)nc3)ccc2o1. The summed E-state index contributed by atoms with van der Waals surface area (Å²) in [6, 6.07) is 7.73. The summed E-state index contributed by atoms with van der Waals surface area (Å²) in [5, 5.41) is 11.3. The van der Waals surface area contributed by atoms with Gasteiger partial charge in [-0.25, -0.2) is 15.0 Å². The highest BCUT2D eigenvalue weighted by atomic mass is 16.3. The first-order valence-electron chi connectivity index (χ1n) is 6.07. The zero-order chi connectivity index (χ0) is 13.9. The Morgan fingerprint density at radius 3 is 2.80 bits per heavy atom. The molecule has 3 rings (SSSR count). The number of aryl methyl sites for hydroxylation is 1. The molecule has 6 heteroatoms. The Hall–Kier alpha value is -2.94. The normalized spacial score (nSPS) is 10.4. The van der Waals surface area contributed by atoms with Crippen LogP contribution < -0.4 is 5.32 Å². The molecule has 0 fully saturated rings. The van der Waals surface area contributed by atoms with Crippen LogP contribution in [0.1, 0.15) is 5.89 Å². The number of rotatable bonds is 3. The van der Waals surface area contributed by atoms with Crippen LogP contribution in [0.15, 0.2) is 35.0 Å². The fraction of sp³-hybridized carbons (Fsp3) is 0.143. The highest BCUT2D eigenvalue weighted by Gasteiger charge is 2.05. The molecule has 98 valence electrons. The van der Waals surface area contributed by atoms with Gasteiger partial charge in [-0.05, 0) is 17.7 Å². The average Bonchev–Trinajstić information content (AvgIpc) is 2.84. The molecule has 0 aliphatic heterocycles. The van der Waals surface area contributed by atoms with Crippen LogP contribution in [-0.4, -0.2) is 21.5 Å². The molecule has 0 spiro atoms. The van der Waals surface area contributed by atoms with Crippen molar-refractivity contribution >= 4 is 17.0 Å². The van der Waals surface area contributed by atoms with E-state index in [4.69, 9.17) is 9.68 Å². The van der Waals surface area contributed by atoms with Crippen molar-refractivity contribution in [2.24, 2.45) is 0 Å². The van der Waals surface area contributed by atoms with Gasteiger partial charge >= 0.3 is 0 Å². The predicted molar refractivity (Wildman–Crippen MR) is 73.9 cm³/mol. The highest BCUT2D eigenvalue weighted by Crippen LogP contribution is 2.24. The van der Waals surface area contributed by atoms with Crippen LogP contribution >= 0.6 is 0 Å². The number of hydrogen-bond acceptors (Lipinski definition) is 6. The molecule has 2 heterocycles. The van der Waals surface area contributed by atoms with E-state index in [0.717, 1.165) is 22.2 Å². The molecule has 1 N–H and O–H groups in total. The molecule has 0 unspecified atom stereocenters. The van der Waals surface area contributed by atoms with E-state index in [9.17, 15) is 0 Å². The van der Waals surface area contributed by atoms with E-state index in [0.29, 0.717) is 11.8 Å². The summed E-state index contributed by atoms with van der Waals surface area (Å²) in [6.45, 7) is 2.00. The van der Waals surface area contributed by atoms with Gasteiger partial charge in [-0.2, -0.15) is 5.26 Å². The fourth-order valence-corrected chi connectivity index (χ4v) is 1.91. The molecule has 0 saturated heterocycles. The Morgan fingerprint density at radius 2 is 2.05 bits per heavy atom. The first kappa shape index (κ1) is 12.1. The van der Waals surface area contributed by atoms with Crippen molar-refractivity contribution < 1.29 is 4.42 Å². The topological polar surface area (TPSA) is 87.6 Å². The lowest BCUT2D eigenvalue weighted by atomic mass is 10.1. The van der Waals surface area contributed by atoms with Crippen LogP contribution in [0.3, 0.4) is 0 Å². The number of benzene rings is 1. The number of hydrogen-bond donors (Lipinski definition) is 1. The maximum atomic E-state index is 8.48. The minimum atomic E-state index is 0.184. The van der Waals surface area contributed by atoms with E-state index >= 15 is 0 Å². The first-order chi connectivity index (χ1) is 9.76. The third-order valence-corrected chi connectivity index (χ3v) is 2.81. The van der Waals surface area contributed by atoms with Gasteiger partial charge in [0.2, 0.25) is 5.95 Å². The lowest BCUT2D eigenvalue weighted by Crippen LogP contribution is -2.02. The van der Waals surface area contributed by atoms with Crippen LogP contribution in [0, 0.1) is 18.3 Å². The number of nitrogens with zero attached hydrogens (tertiary/aromatic N) is 4. The van der Waals surface area contributed by atoms with Crippen molar-refractivity contribution in [1.82, 2.24) is 15.0 Å². The van der Waals surface area contributed by atoms with Crippen molar-refractivity contribution in [2.45, 2.75) is 6.92 Å². The van der Waals surface area contributed by atoms with Gasteiger partial charge < -0.3 is 9.73 Å². The second-order valence-corrected chi connectivity index (χ2v) is 4.22. The standard InChI is InChI=1S/C14H11N5O/c1-9-19-12-6-10(2-3-13(12)20-9)11-7-17-14(18-8-11)16-5-4-15/h2-3,6-8H,5H2,1H3,(H,16,17,18). The van der Waals surface area contributed by atoms with E-state index in [2.05, 4.69) is 20.3 Å². The number of nitriles is 1. The Bertz CT molecular complexity index is 785. The van der Waals surface area contributed by atoms with E-state index in [-0.39, 0.29) is 6.54 Å². The van der Waals surface area contributed by atoms with Crippen molar-refractivity contribution in [3.8, 4) is 17.2 Å². The Balaban J connectivity index is 1.92. The zero-order valence-corrected chi connectivity index (χ0v) is 10.8. The average molecular weight is 265 g/mol. The summed E-state index contributed by atoms with van der Waals surface area (Å²) in [5.74, 6) is 1.08. The molecular formula is C14H11N5O. The molecule has 0 aliphatic carbocycles. The smallest absolute Gasteiger partial charge is 0.223 e. The monoisotopic (exact) mass is 265 g/mol. The van der Waals surface area contributed by atoms with Crippen LogP contribution in [-0.2, 0) is 0 Å². The van der Waals surface area contributed by atoms with E-state index in [1.807, 2.05) is 31.2 Å². The van der Waals surface area contributed by atoms with Gasteiger partial charge in [0.15, 0.2) is 11.5 Å². The molecule has 0 bridgehead atoms. The van der Waals surface area contributed by atoms with E-state index in [1.54, 1.807) is 12.4 Å². The number of anilines is 1. The highest BCUT2D eigenvalue weighted by molar-refractivity contribution is 5.80.